The Hall–Kier alpha value is -1.76. The Morgan fingerprint density at radius 2 is 2.10 bits per heavy atom. The summed E-state index contributed by atoms with van der Waals surface area (Å²) in [7, 11) is -1.52. The van der Waals surface area contributed by atoms with Gasteiger partial charge in [-0.2, -0.15) is 0 Å². The molecule has 0 aliphatic heterocycles. The molecule has 2 N–H and O–H groups in total. The standard InChI is InChI=1S/C13H16FNO4S/c1-8-3-4-11(14)5-10(8)6-20(19)7-12(13(17)18)15-9(2)16/h3-5,12H,6-7H2,1-2H3,(H,15,16)(H,17,18). The summed E-state index contributed by atoms with van der Waals surface area (Å²) < 4.78 is 25.1. The van der Waals surface area contributed by atoms with Crippen molar-refractivity contribution >= 4 is 22.7 Å². The smallest absolute Gasteiger partial charge is 0.327 e. The molecule has 5 nitrogen and oxygen atoms in total. The summed E-state index contributed by atoms with van der Waals surface area (Å²) in [6, 6.07) is 2.95. The lowest BCUT2D eigenvalue weighted by Gasteiger charge is -2.13. The van der Waals surface area contributed by atoms with Crippen molar-refractivity contribution in [3.8, 4) is 0 Å². The topological polar surface area (TPSA) is 83.5 Å². The first-order valence-corrected chi connectivity index (χ1v) is 7.38. The van der Waals surface area contributed by atoms with E-state index in [9.17, 15) is 18.2 Å². The van der Waals surface area contributed by atoms with Gasteiger partial charge in [-0.05, 0) is 30.2 Å². The van der Waals surface area contributed by atoms with Crippen molar-refractivity contribution < 1.29 is 23.3 Å². The van der Waals surface area contributed by atoms with E-state index in [1.807, 2.05) is 0 Å². The highest BCUT2D eigenvalue weighted by molar-refractivity contribution is 7.84. The fourth-order valence-corrected chi connectivity index (χ4v) is 3.01. The molecular formula is C13H16FNO4S. The van der Waals surface area contributed by atoms with Crippen molar-refractivity contribution in [2.45, 2.75) is 25.6 Å². The van der Waals surface area contributed by atoms with Gasteiger partial charge in [0.1, 0.15) is 11.9 Å². The second-order valence-corrected chi connectivity index (χ2v) is 5.91. The van der Waals surface area contributed by atoms with Crippen LogP contribution in [0.3, 0.4) is 0 Å². The highest BCUT2D eigenvalue weighted by atomic mass is 32.2. The van der Waals surface area contributed by atoms with Gasteiger partial charge in [-0.3, -0.25) is 9.00 Å². The summed E-state index contributed by atoms with van der Waals surface area (Å²) in [5.41, 5.74) is 1.35. The van der Waals surface area contributed by atoms with Crippen LogP contribution in [0.25, 0.3) is 0 Å². The summed E-state index contributed by atoms with van der Waals surface area (Å²) in [6.45, 7) is 2.95. The molecule has 2 atom stereocenters. The average Bonchev–Trinajstić information content (AvgIpc) is 2.32. The molecule has 0 bridgehead atoms. The van der Waals surface area contributed by atoms with Gasteiger partial charge in [-0.15, -0.1) is 0 Å². The third kappa shape index (κ3) is 5.08. The van der Waals surface area contributed by atoms with Gasteiger partial charge in [-0.1, -0.05) is 6.07 Å². The molecule has 20 heavy (non-hydrogen) atoms. The van der Waals surface area contributed by atoms with Gasteiger partial charge in [0.2, 0.25) is 5.91 Å². The van der Waals surface area contributed by atoms with E-state index in [0.29, 0.717) is 5.56 Å². The van der Waals surface area contributed by atoms with Crippen LogP contribution < -0.4 is 5.32 Å². The summed E-state index contributed by atoms with van der Waals surface area (Å²) in [6.07, 6.45) is 0. The monoisotopic (exact) mass is 301 g/mol. The number of carbonyl (C=O) groups excluding carboxylic acids is 1. The normalized spacial score (nSPS) is 13.6. The number of rotatable bonds is 6. The fourth-order valence-electron chi connectivity index (χ4n) is 1.63. The zero-order valence-corrected chi connectivity index (χ0v) is 12.0. The van der Waals surface area contributed by atoms with Crippen LogP contribution in [-0.2, 0) is 26.1 Å². The van der Waals surface area contributed by atoms with E-state index in [2.05, 4.69) is 5.32 Å². The van der Waals surface area contributed by atoms with E-state index >= 15 is 0 Å². The Kier molecular flexibility index (Phi) is 5.82. The molecular weight excluding hydrogens is 285 g/mol. The van der Waals surface area contributed by atoms with Gasteiger partial charge in [0, 0.05) is 23.5 Å². The van der Waals surface area contributed by atoms with Crippen molar-refractivity contribution in [1.82, 2.24) is 5.32 Å². The number of aliphatic carboxylic acids is 1. The van der Waals surface area contributed by atoms with Gasteiger partial charge >= 0.3 is 5.97 Å². The molecule has 0 aliphatic carbocycles. The molecule has 0 aliphatic rings. The quantitative estimate of drug-likeness (QED) is 0.820. The summed E-state index contributed by atoms with van der Waals surface area (Å²) in [5, 5.41) is 11.1. The number of nitrogens with one attached hydrogen (secondary N) is 1. The third-order valence-electron chi connectivity index (χ3n) is 2.66. The number of hydrogen-bond donors (Lipinski definition) is 2. The Morgan fingerprint density at radius 3 is 2.65 bits per heavy atom. The number of carboxylic acids is 1. The lowest BCUT2D eigenvalue weighted by Crippen LogP contribution is -2.43. The predicted octanol–water partition coefficient (Wildman–Crippen LogP) is 0.972. The molecule has 1 rings (SSSR count). The van der Waals surface area contributed by atoms with Crippen LogP contribution in [0.5, 0.6) is 0 Å². The van der Waals surface area contributed by atoms with Gasteiger partial charge in [-0.25, -0.2) is 9.18 Å². The SMILES string of the molecule is CC(=O)NC(CS(=O)Cc1cc(F)ccc1C)C(=O)O. The van der Waals surface area contributed by atoms with Crippen molar-refractivity contribution in [3.63, 3.8) is 0 Å². The van der Waals surface area contributed by atoms with Crippen LogP contribution in [0, 0.1) is 12.7 Å². The van der Waals surface area contributed by atoms with E-state index in [0.717, 1.165) is 5.56 Å². The second kappa shape index (κ2) is 7.14. The molecule has 0 fully saturated rings. The summed E-state index contributed by atoms with van der Waals surface area (Å²) >= 11 is 0. The van der Waals surface area contributed by atoms with Crippen LogP contribution in [0.2, 0.25) is 0 Å². The van der Waals surface area contributed by atoms with Crippen LogP contribution in [0.1, 0.15) is 18.1 Å². The number of carbonyl (C=O) groups is 2. The molecule has 0 aromatic heterocycles. The molecule has 1 aromatic rings. The predicted molar refractivity (Wildman–Crippen MR) is 73.1 cm³/mol. The van der Waals surface area contributed by atoms with Gasteiger partial charge in [0.25, 0.3) is 0 Å². The minimum Gasteiger partial charge on any atom is -0.480 e. The summed E-state index contributed by atoms with van der Waals surface area (Å²) in [4.78, 5) is 21.8. The lowest BCUT2D eigenvalue weighted by molar-refractivity contribution is -0.140. The minimum atomic E-state index is -1.52. The van der Waals surface area contributed by atoms with Crippen LogP contribution >= 0.6 is 0 Å². The Balaban J connectivity index is 2.72. The fraction of sp³-hybridized carbons (Fsp3) is 0.385. The van der Waals surface area contributed by atoms with Crippen molar-refractivity contribution in [2.75, 3.05) is 5.75 Å². The third-order valence-corrected chi connectivity index (χ3v) is 3.99. The zero-order valence-electron chi connectivity index (χ0n) is 11.2. The molecule has 0 spiro atoms. The maximum atomic E-state index is 13.1. The Bertz CT molecular complexity index is 547. The van der Waals surface area contributed by atoms with Crippen LogP contribution in [-0.4, -0.2) is 33.0 Å². The van der Waals surface area contributed by atoms with E-state index in [-0.39, 0.29) is 11.5 Å². The van der Waals surface area contributed by atoms with E-state index in [1.165, 1.54) is 19.1 Å². The molecule has 2 unspecified atom stereocenters. The highest BCUT2D eigenvalue weighted by Crippen LogP contribution is 2.13. The highest BCUT2D eigenvalue weighted by Gasteiger charge is 2.21. The van der Waals surface area contributed by atoms with Gasteiger partial charge < -0.3 is 10.4 Å². The number of hydrogen-bond acceptors (Lipinski definition) is 3. The number of carboxylic acid groups (broad SMARTS) is 1. The maximum absolute atomic E-state index is 13.1. The van der Waals surface area contributed by atoms with Crippen LogP contribution in [0.15, 0.2) is 18.2 Å². The molecule has 0 saturated carbocycles. The minimum absolute atomic E-state index is 0.0486. The van der Waals surface area contributed by atoms with E-state index in [4.69, 9.17) is 5.11 Å². The second-order valence-electron chi connectivity index (χ2n) is 4.41. The Morgan fingerprint density at radius 1 is 1.45 bits per heavy atom. The first kappa shape index (κ1) is 16.3. The average molecular weight is 301 g/mol. The molecule has 0 radical (unpaired) electrons. The van der Waals surface area contributed by atoms with Crippen molar-refractivity contribution in [1.29, 1.82) is 0 Å². The number of amides is 1. The molecule has 7 heteroatoms. The van der Waals surface area contributed by atoms with Crippen molar-refractivity contribution in [2.24, 2.45) is 0 Å². The van der Waals surface area contributed by atoms with E-state index < -0.39 is 34.5 Å². The molecule has 0 saturated heterocycles. The number of aryl methyl sites for hydroxylation is 1. The van der Waals surface area contributed by atoms with Crippen LogP contribution in [0.4, 0.5) is 4.39 Å². The lowest BCUT2D eigenvalue weighted by atomic mass is 10.1. The zero-order chi connectivity index (χ0) is 15.3. The first-order valence-electron chi connectivity index (χ1n) is 5.89. The number of benzene rings is 1. The van der Waals surface area contributed by atoms with Crippen molar-refractivity contribution in [3.05, 3.63) is 35.1 Å². The van der Waals surface area contributed by atoms with Gasteiger partial charge in [0.15, 0.2) is 0 Å². The molecule has 110 valence electrons. The summed E-state index contributed by atoms with van der Waals surface area (Å²) in [5.74, 6) is -2.35. The molecule has 0 heterocycles. The molecule has 1 aromatic carbocycles. The molecule has 1 amide bonds. The Labute approximate surface area is 118 Å². The first-order chi connectivity index (χ1) is 9.29. The van der Waals surface area contributed by atoms with Gasteiger partial charge in [0.05, 0.1) is 5.75 Å². The number of halogens is 1. The largest absolute Gasteiger partial charge is 0.480 e. The maximum Gasteiger partial charge on any atom is 0.327 e. The van der Waals surface area contributed by atoms with E-state index in [1.54, 1.807) is 13.0 Å².